The zero-order valence-electron chi connectivity index (χ0n) is 9.52. The molecule has 1 aliphatic rings. The van der Waals surface area contributed by atoms with E-state index in [0.717, 1.165) is 25.1 Å². The number of imidazole rings is 1. The van der Waals surface area contributed by atoms with Gasteiger partial charge < -0.3 is 15.6 Å². The molecule has 1 fully saturated rings. The number of nitrogens with zero attached hydrogens (tertiary/aromatic N) is 2. The number of nitrogens with two attached hydrogens (primary N) is 1. The van der Waals surface area contributed by atoms with Gasteiger partial charge in [-0.25, -0.2) is 4.98 Å². The summed E-state index contributed by atoms with van der Waals surface area (Å²) in [7, 11) is 1.91. The highest BCUT2D eigenvalue weighted by Crippen LogP contribution is 2.23. The average Bonchev–Trinajstić information content (AvgIpc) is 2.84. The van der Waals surface area contributed by atoms with Gasteiger partial charge in [-0.3, -0.25) is 4.79 Å². The van der Waals surface area contributed by atoms with Gasteiger partial charge in [0.1, 0.15) is 5.82 Å². The summed E-state index contributed by atoms with van der Waals surface area (Å²) in [6, 6.07) is 0.0290. The van der Waals surface area contributed by atoms with Gasteiger partial charge in [-0.1, -0.05) is 6.42 Å². The van der Waals surface area contributed by atoms with Gasteiger partial charge in [0.05, 0.1) is 12.5 Å². The van der Waals surface area contributed by atoms with E-state index in [0.29, 0.717) is 6.54 Å². The van der Waals surface area contributed by atoms with Crippen LogP contribution < -0.4 is 11.1 Å². The molecule has 1 heterocycles. The quantitative estimate of drug-likeness (QED) is 0.765. The molecule has 88 valence electrons. The maximum absolute atomic E-state index is 11.8. The molecule has 1 aromatic rings. The summed E-state index contributed by atoms with van der Waals surface area (Å²) in [6.45, 7) is 0.478. The molecule has 0 bridgehead atoms. The number of hydrogen-bond donors (Lipinski definition) is 2. The van der Waals surface area contributed by atoms with Crippen molar-refractivity contribution in [1.82, 2.24) is 14.9 Å². The monoisotopic (exact) mass is 222 g/mol. The Kier molecular flexibility index (Phi) is 3.24. The minimum absolute atomic E-state index is 0.0136. The number of carbonyl (C=O) groups excluding carboxylic acids is 1. The van der Waals surface area contributed by atoms with Crippen LogP contribution in [0.5, 0.6) is 0 Å². The molecule has 2 unspecified atom stereocenters. The maximum atomic E-state index is 11.8. The van der Waals surface area contributed by atoms with Crippen molar-refractivity contribution in [2.24, 2.45) is 18.7 Å². The average molecular weight is 222 g/mol. The Labute approximate surface area is 95.0 Å². The van der Waals surface area contributed by atoms with Crippen molar-refractivity contribution in [2.75, 3.05) is 0 Å². The van der Waals surface area contributed by atoms with E-state index < -0.39 is 0 Å². The summed E-state index contributed by atoms with van der Waals surface area (Å²) < 4.78 is 1.90. The third kappa shape index (κ3) is 2.24. The standard InChI is InChI=1S/C11H18N4O/c1-15-6-5-13-10(15)7-14-11(16)8-3-2-4-9(8)12/h5-6,8-9H,2-4,7,12H2,1H3,(H,14,16). The summed E-state index contributed by atoms with van der Waals surface area (Å²) in [5.74, 6) is 0.910. The van der Waals surface area contributed by atoms with Crippen LogP contribution in [0.3, 0.4) is 0 Å². The van der Waals surface area contributed by atoms with Crippen molar-refractivity contribution in [2.45, 2.75) is 31.8 Å². The minimum atomic E-state index is -0.0136. The molecule has 0 radical (unpaired) electrons. The zero-order valence-corrected chi connectivity index (χ0v) is 9.52. The van der Waals surface area contributed by atoms with Crippen LogP contribution in [-0.2, 0) is 18.4 Å². The Morgan fingerprint density at radius 1 is 1.69 bits per heavy atom. The SMILES string of the molecule is Cn1ccnc1CNC(=O)C1CCCC1N. The topological polar surface area (TPSA) is 72.9 Å². The van der Waals surface area contributed by atoms with Crippen molar-refractivity contribution in [1.29, 1.82) is 0 Å². The van der Waals surface area contributed by atoms with Crippen molar-refractivity contribution in [3.05, 3.63) is 18.2 Å². The molecule has 5 nitrogen and oxygen atoms in total. The van der Waals surface area contributed by atoms with Gasteiger partial charge in [0, 0.05) is 25.5 Å². The van der Waals surface area contributed by atoms with Crippen LogP contribution in [0, 0.1) is 5.92 Å². The minimum Gasteiger partial charge on any atom is -0.349 e. The summed E-state index contributed by atoms with van der Waals surface area (Å²) >= 11 is 0. The molecule has 0 aromatic carbocycles. The number of amides is 1. The van der Waals surface area contributed by atoms with Crippen molar-refractivity contribution < 1.29 is 4.79 Å². The summed E-state index contributed by atoms with van der Waals surface area (Å²) in [4.78, 5) is 16.0. The maximum Gasteiger partial charge on any atom is 0.225 e. The number of aryl methyl sites for hydroxylation is 1. The van der Waals surface area contributed by atoms with Gasteiger partial charge in [-0.05, 0) is 12.8 Å². The van der Waals surface area contributed by atoms with E-state index in [-0.39, 0.29) is 17.9 Å². The third-order valence-electron chi connectivity index (χ3n) is 3.25. The molecule has 0 spiro atoms. The molecule has 1 aromatic heterocycles. The summed E-state index contributed by atoms with van der Waals surface area (Å²) in [6.07, 6.45) is 6.52. The lowest BCUT2D eigenvalue weighted by molar-refractivity contribution is -0.125. The number of nitrogens with one attached hydrogen (secondary N) is 1. The zero-order chi connectivity index (χ0) is 11.5. The fourth-order valence-electron chi connectivity index (χ4n) is 2.18. The van der Waals surface area contributed by atoms with Gasteiger partial charge in [0.25, 0.3) is 0 Å². The molecule has 1 amide bonds. The Hall–Kier alpha value is -1.36. The molecule has 3 N–H and O–H groups in total. The van der Waals surface area contributed by atoms with E-state index in [1.165, 1.54) is 0 Å². The molecule has 2 rings (SSSR count). The van der Waals surface area contributed by atoms with Crippen molar-refractivity contribution in [3.8, 4) is 0 Å². The van der Waals surface area contributed by atoms with Crippen molar-refractivity contribution in [3.63, 3.8) is 0 Å². The first kappa shape index (κ1) is 11.1. The number of aromatic nitrogens is 2. The van der Waals surface area contributed by atoms with E-state index in [9.17, 15) is 4.79 Å². The lowest BCUT2D eigenvalue weighted by Crippen LogP contribution is -2.38. The molecule has 2 atom stereocenters. The van der Waals surface area contributed by atoms with Crippen LogP contribution in [0.15, 0.2) is 12.4 Å². The Balaban J connectivity index is 1.86. The van der Waals surface area contributed by atoms with E-state index in [1.807, 2.05) is 17.8 Å². The van der Waals surface area contributed by atoms with E-state index >= 15 is 0 Å². The number of hydrogen-bond acceptors (Lipinski definition) is 3. The van der Waals surface area contributed by atoms with Crippen LogP contribution in [0.2, 0.25) is 0 Å². The highest BCUT2D eigenvalue weighted by molar-refractivity contribution is 5.79. The second kappa shape index (κ2) is 4.65. The highest BCUT2D eigenvalue weighted by Gasteiger charge is 2.29. The van der Waals surface area contributed by atoms with Crippen LogP contribution >= 0.6 is 0 Å². The van der Waals surface area contributed by atoms with E-state index in [4.69, 9.17) is 5.73 Å². The lowest BCUT2D eigenvalue weighted by atomic mass is 10.0. The van der Waals surface area contributed by atoms with Crippen LogP contribution in [-0.4, -0.2) is 21.5 Å². The first-order valence-electron chi connectivity index (χ1n) is 5.68. The van der Waals surface area contributed by atoms with Crippen molar-refractivity contribution >= 4 is 5.91 Å². The second-order valence-corrected chi connectivity index (χ2v) is 4.37. The third-order valence-corrected chi connectivity index (χ3v) is 3.25. The first-order chi connectivity index (χ1) is 7.68. The Morgan fingerprint density at radius 2 is 2.50 bits per heavy atom. The highest BCUT2D eigenvalue weighted by atomic mass is 16.1. The number of carbonyl (C=O) groups is 1. The van der Waals surface area contributed by atoms with Crippen LogP contribution in [0.25, 0.3) is 0 Å². The Bertz CT molecular complexity index is 374. The van der Waals surface area contributed by atoms with Gasteiger partial charge in [-0.15, -0.1) is 0 Å². The van der Waals surface area contributed by atoms with Gasteiger partial charge in [0.2, 0.25) is 5.91 Å². The smallest absolute Gasteiger partial charge is 0.225 e. The molecular formula is C11H18N4O. The predicted molar refractivity (Wildman–Crippen MR) is 60.4 cm³/mol. The Morgan fingerprint density at radius 3 is 3.06 bits per heavy atom. The molecule has 16 heavy (non-hydrogen) atoms. The van der Waals surface area contributed by atoms with Gasteiger partial charge >= 0.3 is 0 Å². The van der Waals surface area contributed by atoms with Crippen LogP contribution in [0.4, 0.5) is 0 Å². The normalized spacial score (nSPS) is 24.6. The van der Waals surface area contributed by atoms with Gasteiger partial charge in [0.15, 0.2) is 0 Å². The lowest BCUT2D eigenvalue weighted by Gasteiger charge is -2.14. The fourth-order valence-corrected chi connectivity index (χ4v) is 2.18. The molecule has 1 aliphatic carbocycles. The fraction of sp³-hybridized carbons (Fsp3) is 0.636. The first-order valence-corrected chi connectivity index (χ1v) is 5.68. The van der Waals surface area contributed by atoms with Gasteiger partial charge in [-0.2, -0.15) is 0 Å². The summed E-state index contributed by atoms with van der Waals surface area (Å²) in [5, 5.41) is 2.90. The molecule has 0 aliphatic heterocycles. The predicted octanol–water partition coefficient (Wildman–Crippen LogP) is 0.164. The van der Waals surface area contributed by atoms with Crippen LogP contribution in [0.1, 0.15) is 25.1 Å². The van der Waals surface area contributed by atoms with E-state index in [2.05, 4.69) is 10.3 Å². The summed E-state index contributed by atoms with van der Waals surface area (Å²) in [5.41, 5.74) is 5.88. The second-order valence-electron chi connectivity index (χ2n) is 4.37. The number of rotatable bonds is 3. The molecular weight excluding hydrogens is 204 g/mol. The van der Waals surface area contributed by atoms with E-state index in [1.54, 1.807) is 6.20 Å². The largest absolute Gasteiger partial charge is 0.349 e. The molecule has 0 saturated heterocycles. The molecule has 5 heteroatoms. The molecule has 1 saturated carbocycles.